The van der Waals surface area contributed by atoms with E-state index < -0.39 is 0 Å². The quantitative estimate of drug-likeness (QED) is 0.219. The molecule has 26 heavy (non-hydrogen) atoms. The van der Waals surface area contributed by atoms with Crippen LogP contribution in [0.5, 0.6) is 0 Å². The van der Waals surface area contributed by atoms with Crippen molar-refractivity contribution in [3.05, 3.63) is 0 Å². The predicted molar refractivity (Wildman–Crippen MR) is 115 cm³/mol. The van der Waals surface area contributed by atoms with E-state index in [1.165, 1.54) is 103 Å². The third-order valence-electron chi connectivity index (χ3n) is 6.13. The van der Waals surface area contributed by atoms with Crippen molar-refractivity contribution in [2.24, 2.45) is 4.99 Å². The van der Waals surface area contributed by atoms with Crippen LogP contribution in [0.4, 0.5) is 0 Å². The van der Waals surface area contributed by atoms with Gasteiger partial charge in [0, 0.05) is 6.92 Å². The van der Waals surface area contributed by atoms with Crippen LogP contribution in [0.15, 0.2) is 4.99 Å². The third kappa shape index (κ3) is 10.7. The second kappa shape index (κ2) is 15.6. The van der Waals surface area contributed by atoms with Gasteiger partial charge in [-0.05, 0) is 12.8 Å². The predicted octanol–water partition coefficient (Wildman–Crippen LogP) is 6.44. The minimum Gasteiger partial charge on any atom is -0.345 e. The number of aliphatic hydroxyl groups excluding tert-OH is 1. The number of unbranched alkanes of at least 4 members (excludes halogenated alkanes) is 15. The average molecular weight is 368 g/mol. The van der Waals surface area contributed by atoms with E-state index in [1.54, 1.807) is 0 Å². The Morgan fingerprint density at radius 1 is 0.769 bits per heavy atom. The fourth-order valence-electron chi connectivity index (χ4n) is 4.12. The summed E-state index contributed by atoms with van der Waals surface area (Å²) in [6.07, 6.45) is 24.2. The van der Waals surface area contributed by atoms with Crippen LogP contribution in [-0.2, 0) is 0 Å². The maximum Gasteiger partial charge on any atom is 0.193 e. The Balaban J connectivity index is 1.79. The molecule has 0 aromatic carbocycles. The van der Waals surface area contributed by atoms with Gasteiger partial charge in [0.15, 0.2) is 12.6 Å². The molecule has 0 radical (unpaired) electrons. The Bertz CT molecular complexity index is 343. The Morgan fingerprint density at radius 2 is 1.19 bits per heavy atom. The zero-order valence-electron chi connectivity index (χ0n) is 17.9. The maximum atomic E-state index is 10.0. The van der Waals surface area contributed by atoms with E-state index in [0.29, 0.717) is 4.48 Å². The first-order valence-electron chi connectivity index (χ1n) is 11.8. The lowest BCUT2D eigenvalue weighted by Crippen LogP contribution is -2.52. The first-order chi connectivity index (χ1) is 12.7. The summed E-state index contributed by atoms with van der Waals surface area (Å²) in [5, 5.41) is 10.0. The molecule has 2 unspecified atom stereocenters. The molecular formula is C23H47N2O+. The van der Waals surface area contributed by atoms with Gasteiger partial charge in [0.25, 0.3) is 0 Å². The summed E-state index contributed by atoms with van der Waals surface area (Å²) < 4.78 is 0.693. The van der Waals surface area contributed by atoms with Crippen LogP contribution in [0.1, 0.15) is 117 Å². The van der Waals surface area contributed by atoms with Crippen LogP contribution in [0.3, 0.4) is 0 Å². The largest absolute Gasteiger partial charge is 0.345 e. The molecule has 0 fully saturated rings. The van der Waals surface area contributed by atoms with Crippen LogP contribution >= 0.6 is 0 Å². The van der Waals surface area contributed by atoms with Crippen LogP contribution in [0.2, 0.25) is 0 Å². The van der Waals surface area contributed by atoms with Crippen molar-refractivity contribution in [2.45, 2.75) is 123 Å². The lowest BCUT2D eigenvalue weighted by molar-refractivity contribution is -0.877. The maximum absolute atomic E-state index is 10.0. The summed E-state index contributed by atoms with van der Waals surface area (Å²) in [5.41, 5.74) is 0. The van der Waals surface area contributed by atoms with E-state index >= 15 is 0 Å². The summed E-state index contributed by atoms with van der Waals surface area (Å²) in [6.45, 7) is 7.11. The van der Waals surface area contributed by atoms with Gasteiger partial charge in [-0.25, -0.2) is 4.99 Å². The Hall–Kier alpha value is -0.410. The summed E-state index contributed by atoms with van der Waals surface area (Å²) in [5.74, 6) is 0. The summed E-state index contributed by atoms with van der Waals surface area (Å²) >= 11 is 0. The fraction of sp³-hybridized carbons (Fsp3) is 0.957. The van der Waals surface area contributed by atoms with Crippen molar-refractivity contribution >= 4 is 6.34 Å². The Morgan fingerprint density at radius 3 is 1.54 bits per heavy atom. The molecule has 0 bridgehead atoms. The lowest BCUT2D eigenvalue weighted by atomic mass is 10.0. The van der Waals surface area contributed by atoms with Crippen LogP contribution < -0.4 is 0 Å². The van der Waals surface area contributed by atoms with E-state index in [1.807, 2.05) is 13.3 Å². The van der Waals surface area contributed by atoms with Crippen LogP contribution in [0, 0.1) is 0 Å². The van der Waals surface area contributed by atoms with Gasteiger partial charge in [-0.3, -0.25) is 4.48 Å². The van der Waals surface area contributed by atoms with Crippen molar-refractivity contribution in [1.82, 2.24) is 0 Å². The second-order valence-electron chi connectivity index (χ2n) is 8.51. The van der Waals surface area contributed by atoms with Gasteiger partial charge < -0.3 is 5.11 Å². The van der Waals surface area contributed by atoms with Crippen molar-refractivity contribution in [1.29, 1.82) is 0 Å². The highest BCUT2D eigenvalue weighted by Crippen LogP contribution is 2.17. The van der Waals surface area contributed by atoms with Gasteiger partial charge in [0.1, 0.15) is 6.54 Å². The second-order valence-corrected chi connectivity index (χ2v) is 8.51. The van der Waals surface area contributed by atoms with E-state index in [2.05, 4.69) is 11.9 Å². The first kappa shape index (κ1) is 23.6. The monoisotopic (exact) mass is 367 g/mol. The van der Waals surface area contributed by atoms with Gasteiger partial charge in [-0.1, -0.05) is 96.8 Å². The Kier molecular flexibility index (Phi) is 14.2. The number of nitrogens with zero attached hydrogens (tertiary/aromatic N) is 2. The zero-order chi connectivity index (χ0) is 18.9. The molecule has 1 rings (SSSR count). The number of hydrogen-bond acceptors (Lipinski definition) is 2. The molecule has 2 atom stereocenters. The molecule has 0 aromatic heterocycles. The van der Waals surface area contributed by atoms with Crippen molar-refractivity contribution in [3.63, 3.8) is 0 Å². The first-order valence-corrected chi connectivity index (χ1v) is 11.8. The number of hydrogen-bond donors (Lipinski definition) is 1. The smallest absolute Gasteiger partial charge is 0.193 e. The highest BCUT2D eigenvalue weighted by atomic mass is 16.3. The average Bonchev–Trinajstić information content (AvgIpc) is 3.12. The lowest BCUT2D eigenvalue weighted by Gasteiger charge is -2.33. The highest BCUT2D eigenvalue weighted by Gasteiger charge is 2.33. The SMILES string of the molecule is CCCCCCCCCCCCCCCCCC[N+]1(C(C)O)C=NCC1. The van der Waals surface area contributed by atoms with Gasteiger partial charge in [-0.15, -0.1) is 0 Å². The fourth-order valence-corrected chi connectivity index (χ4v) is 4.12. The molecule has 1 heterocycles. The molecule has 1 aliphatic heterocycles. The van der Waals surface area contributed by atoms with E-state index in [0.717, 1.165) is 19.6 Å². The molecule has 154 valence electrons. The minimum atomic E-state index is -0.308. The third-order valence-corrected chi connectivity index (χ3v) is 6.13. The summed E-state index contributed by atoms with van der Waals surface area (Å²) in [6, 6.07) is 0. The number of aliphatic imine (C=N–C) groups is 1. The molecule has 1 aliphatic rings. The zero-order valence-corrected chi connectivity index (χ0v) is 17.9. The normalized spacial score (nSPS) is 20.7. The molecule has 0 aromatic rings. The van der Waals surface area contributed by atoms with Crippen molar-refractivity contribution < 1.29 is 9.59 Å². The Labute approximate surface area is 163 Å². The van der Waals surface area contributed by atoms with Crippen LogP contribution in [-0.4, -0.2) is 41.8 Å². The molecule has 0 amide bonds. The standard InChI is InChI=1S/C23H47N2O/c1-3-4-5-6-7-8-9-10-11-12-13-14-15-16-17-18-20-25(23(2)26)21-19-24-22-25/h22-23,26H,3-21H2,1-2H3/q+1. The van der Waals surface area contributed by atoms with E-state index in [4.69, 9.17) is 0 Å². The van der Waals surface area contributed by atoms with E-state index in [-0.39, 0.29) is 6.23 Å². The molecule has 0 aliphatic carbocycles. The molecule has 3 heteroatoms. The number of aliphatic hydroxyl groups is 1. The minimum absolute atomic E-state index is 0.308. The van der Waals surface area contributed by atoms with Gasteiger partial charge in [0.2, 0.25) is 0 Å². The van der Waals surface area contributed by atoms with Gasteiger partial charge in [0.05, 0.1) is 13.1 Å². The van der Waals surface area contributed by atoms with Gasteiger partial charge >= 0.3 is 0 Å². The molecule has 0 saturated heterocycles. The molecule has 0 spiro atoms. The molecule has 0 saturated carbocycles. The molecule has 1 N–H and O–H groups in total. The topological polar surface area (TPSA) is 32.6 Å². The van der Waals surface area contributed by atoms with Crippen LogP contribution in [0.25, 0.3) is 0 Å². The summed E-state index contributed by atoms with van der Waals surface area (Å²) in [4.78, 5) is 4.34. The number of quaternary nitrogens is 1. The highest BCUT2D eigenvalue weighted by molar-refractivity contribution is 5.48. The molecular weight excluding hydrogens is 320 g/mol. The van der Waals surface area contributed by atoms with Crippen molar-refractivity contribution in [3.8, 4) is 0 Å². The van der Waals surface area contributed by atoms with Crippen molar-refractivity contribution in [2.75, 3.05) is 19.6 Å². The molecule has 3 nitrogen and oxygen atoms in total. The van der Waals surface area contributed by atoms with Gasteiger partial charge in [-0.2, -0.15) is 0 Å². The van der Waals surface area contributed by atoms with E-state index in [9.17, 15) is 5.11 Å². The summed E-state index contributed by atoms with van der Waals surface area (Å²) in [7, 11) is 0. The number of rotatable bonds is 18.